The van der Waals surface area contributed by atoms with E-state index < -0.39 is 0 Å². The van der Waals surface area contributed by atoms with Gasteiger partial charge in [-0.3, -0.25) is 0 Å². The second-order valence-electron chi connectivity index (χ2n) is 2.82. The summed E-state index contributed by atoms with van der Waals surface area (Å²) in [7, 11) is 0. The van der Waals surface area contributed by atoms with Crippen molar-refractivity contribution in [2.45, 2.75) is 6.92 Å². The van der Waals surface area contributed by atoms with Crippen molar-refractivity contribution >= 4 is 29.4 Å². The number of nitrogens with zero attached hydrogens (tertiary/aromatic N) is 2. The van der Waals surface area contributed by atoms with Gasteiger partial charge in [0.2, 0.25) is 0 Å². The van der Waals surface area contributed by atoms with E-state index in [0.717, 1.165) is 17.9 Å². The van der Waals surface area contributed by atoms with Gasteiger partial charge in [-0.2, -0.15) is 0 Å². The number of hydrogen-bond acceptors (Lipinski definition) is 3. The minimum Gasteiger partial charge on any atom is -0.394 e. The van der Waals surface area contributed by atoms with Crippen LogP contribution in [0.3, 0.4) is 0 Å². The van der Waals surface area contributed by atoms with Crippen LogP contribution in [0.5, 0.6) is 0 Å². The summed E-state index contributed by atoms with van der Waals surface area (Å²) in [6, 6.07) is 5.82. The van der Waals surface area contributed by atoms with Gasteiger partial charge in [-0.25, -0.2) is 4.52 Å². The van der Waals surface area contributed by atoms with Gasteiger partial charge in [-0.1, -0.05) is 6.07 Å². The van der Waals surface area contributed by atoms with Gasteiger partial charge in [-0.15, -0.1) is 17.5 Å². The first-order valence-electron chi connectivity index (χ1n) is 4.29. The van der Waals surface area contributed by atoms with E-state index in [-0.39, 0.29) is 12.4 Å². The van der Waals surface area contributed by atoms with Crippen molar-refractivity contribution in [1.82, 2.24) is 9.61 Å². The largest absolute Gasteiger partial charge is 0.394 e. The molecule has 3 N–H and O–H groups in total. The average molecular weight is 213 g/mol. The van der Waals surface area contributed by atoms with Crippen molar-refractivity contribution in [3.8, 4) is 0 Å². The number of pyridine rings is 1. The Morgan fingerprint density at radius 3 is 2.93 bits per heavy atom. The molecule has 0 radical (unpaired) electrons. The number of nitrogens with two attached hydrogens (primary N) is 1. The Hall–Kier alpha value is -1.42. The lowest BCUT2D eigenvalue weighted by Crippen LogP contribution is -1.99. The summed E-state index contributed by atoms with van der Waals surface area (Å²) in [6.07, 6.45) is 1.88. The number of fused-ring (bicyclic) bond motifs is 1. The van der Waals surface area contributed by atoms with Crippen molar-refractivity contribution in [3.05, 3.63) is 24.4 Å². The molecule has 0 saturated heterocycles. The van der Waals surface area contributed by atoms with Gasteiger partial charge in [0.05, 0.1) is 5.52 Å². The fraction of sp³-hybridized carbons (Fsp3) is 0.222. The molecule has 0 atom stereocenters. The lowest BCUT2D eigenvalue weighted by molar-refractivity contribution is 0.955. The zero-order valence-electron chi connectivity index (χ0n) is 7.90. The Morgan fingerprint density at radius 2 is 2.29 bits per heavy atom. The van der Waals surface area contributed by atoms with Crippen molar-refractivity contribution in [3.63, 3.8) is 0 Å². The Labute approximate surface area is 88.5 Å². The molecule has 0 unspecified atom stereocenters. The maximum absolute atomic E-state index is 5.88. The standard InChI is InChI=1S/C9H12N4.ClH/c1-2-11-9-8(10)7-5-3-4-6-13(7)12-9;/h3-6H,2,10H2,1H3,(H,11,12);1H. The highest BCUT2D eigenvalue weighted by Crippen LogP contribution is 2.21. The Morgan fingerprint density at radius 1 is 1.50 bits per heavy atom. The molecule has 0 fully saturated rings. The van der Waals surface area contributed by atoms with E-state index in [1.165, 1.54) is 0 Å². The molecule has 2 aromatic heterocycles. The zero-order valence-corrected chi connectivity index (χ0v) is 8.71. The lowest BCUT2D eigenvalue weighted by atomic mass is 10.3. The van der Waals surface area contributed by atoms with Crippen LogP contribution in [-0.2, 0) is 0 Å². The fourth-order valence-electron chi connectivity index (χ4n) is 1.32. The number of nitrogen functional groups attached to an aromatic ring is 1. The van der Waals surface area contributed by atoms with Crippen LogP contribution in [0.2, 0.25) is 0 Å². The molecule has 5 heteroatoms. The number of aromatic nitrogens is 2. The first kappa shape index (κ1) is 10.7. The number of anilines is 2. The highest BCUT2D eigenvalue weighted by molar-refractivity contribution is 5.85. The number of halogens is 1. The average Bonchev–Trinajstić information content (AvgIpc) is 2.46. The summed E-state index contributed by atoms with van der Waals surface area (Å²) < 4.78 is 1.77. The molecule has 14 heavy (non-hydrogen) atoms. The van der Waals surface area contributed by atoms with Gasteiger partial charge in [0.25, 0.3) is 0 Å². The molecule has 2 heterocycles. The van der Waals surface area contributed by atoms with Crippen molar-refractivity contribution in [2.24, 2.45) is 0 Å². The monoisotopic (exact) mass is 212 g/mol. The summed E-state index contributed by atoms with van der Waals surface area (Å²) in [5, 5.41) is 7.39. The Balaban J connectivity index is 0.000000980. The van der Waals surface area contributed by atoms with E-state index in [9.17, 15) is 0 Å². The normalized spacial score (nSPS) is 9.79. The van der Waals surface area contributed by atoms with Gasteiger partial charge < -0.3 is 11.1 Å². The molecule has 2 aromatic rings. The Bertz CT molecular complexity index is 424. The van der Waals surface area contributed by atoms with Gasteiger partial charge >= 0.3 is 0 Å². The number of nitrogens with one attached hydrogen (secondary N) is 1. The molecule has 0 aromatic carbocycles. The van der Waals surface area contributed by atoms with Crippen LogP contribution in [0, 0.1) is 0 Å². The maximum atomic E-state index is 5.88. The number of hydrogen-bond donors (Lipinski definition) is 2. The number of rotatable bonds is 2. The van der Waals surface area contributed by atoms with Crippen molar-refractivity contribution in [1.29, 1.82) is 0 Å². The van der Waals surface area contributed by atoms with E-state index in [0.29, 0.717) is 5.69 Å². The highest BCUT2D eigenvalue weighted by Gasteiger charge is 2.06. The molecule has 0 spiro atoms. The second kappa shape index (κ2) is 4.19. The summed E-state index contributed by atoms with van der Waals surface area (Å²) >= 11 is 0. The van der Waals surface area contributed by atoms with E-state index in [1.54, 1.807) is 4.52 Å². The maximum Gasteiger partial charge on any atom is 0.172 e. The first-order chi connectivity index (χ1) is 6.33. The van der Waals surface area contributed by atoms with Crippen LogP contribution in [0.25, 0.3) is 5.52 Å². The van der Waals surface area contributed by atoms with Gasteiger partial charge in [0.1, 0.15) is 5.69 Å². The molecule has 0 aliphatic rings. The minimum atomic E-state index is 0. The summed E-state index contributed by atoms with van der Waals surface area (Å²) in [5.41, 5.74) is 7.53. The predicted molar refractivity (Wildman–Crippen MR) is 61.0 cm³/mol. The van der Waals surface area contributed by atoms with Crippen LogP contribution in [0.4, 0.5) is 11.5 Å². The summed E-state index contributed by atoms with van der Waals surface area (Å²) in [4.78, 5) is 0. The van der Waals surface area contributed by atoms with E-state index in [2.05, 4.69) is 10.4 Å². The third kappa shape index (κ3) is 1.61. The summed E-state index contributed by atoms with van der Waals surface area (Å²) in [6.45, 7) is 2.84. The predicted octanol–water partition coefficient (Wildman–Crippen LogP) is 1.77. The molecular weight excluding hydrogens is 200 g/mol. The molecule has 2 rings (SSSR count). The Kier molecular flexibility index (Phi) is 3.19. The quantitative estimate of drug-likeness (QED) is 0.798. The molecule has 0 bridgehead atoms. The van der Waals surface area contributed by atoms with E-state index >= 15 is 0 Å². The van der Waals surface area contributed by atoms with E-state index in [1.807, 2.05) is 31.3 Å². The van der Waals surface area contributed by atoms with E-state index in [4.69, 9.17) is 5.73 Å². The van der Waals surface area contributed by atoms with Crippen LogP contribution < -0.4 is 11.1 Å². The van der Waals surface area contributed by atoms with Gasteiger partial charge in [0.15, 0.2) is 5.82 Å². The van der Waals surface area contributed by atoms with Crippen LogP contribution in [0.1, 0.15) is 6.92 Å². The minimum absolute atomic E-state index is 0. The van der Waals surface area contributed by atoms with Gasteiger partial charge in [-0.05, 0) is 19.1 Å². The zero-order chi connectivity index (χ0) is 9.26. The molecule has 76 valence electrons. The summed E-state index contributed by atoms with van der Waals surface area (Å²) in [5.74, 6) is 0.758. The lowest BCUT2D eigenvalue weighted by Gasteiger charge is -1.96. The molecule has 4 nitrogen and oxygen atoms in total. The molecule has 0 amide bonds. The van der Waals surface area contributed by atoms with Crippen LogP contribution in [-0.4, -0.2) is 16.2 Å². The molecule has 0 saturated carbocycles. The molecule has 0 aliphatic heterocycles. The van der Waals surface area contributed by atoms with Crippen LogP contribution >= 0.6 is 12.4 Å². The topological polar surface area (TPSA) is 55.4 Å². The van der Waals surface area contributed by atoms with Crippen LogP contribution in [0.15, 0.2) is 24.4 Å². The fourth-order valence-corrected chi connectivity index (χ4v) is 1.32. The SMILES string of the molecule is CCNc1nn2ccccc2c1N.Cl. The highest BCUT2D eigenvalue weighted by atomic mass is 35.5. The third-order valence-corrected chi connectivity index (χ3v) is 1.92. The second-order valence-corrected chi connectivity index (χ2v) is 2.82. The van der Waals surface area contributed by atoms with Gasteiger partial charge in [0, 0.05) is 12.7 Å². The van der Waals surface area contributed by atoms with Crippen molar-refractivity contribution in [2.75, 3.05) is 17.6 Å². The van der Waals surface area contributed by atoms with Crippen molar-refractivity contribution < 1.29 is 0 Å². The first-order valence-corrected chi connectivity index (χ1v) is 4.29. The smallest absolute Gasteiger partial charge is 0.172 e. The third-order valence-electron chi connectivity index (χ3n) is 1.92. The molecular formula is C9H13ClN4. The molecule has 0 aliphatic carbocycles.